The van der Waals surface area contributed by atoms with Crippen LogP contribution in [0.15, 0.2) is 28.7 Å². The third kappa shape index (κ3) is 3.15. The second kappa shape index (κ2) is 6.40. The lowest BCUT2D eigenvalue weighted by Gasteiger charge is -2.09. The van der Waals surface area contributed by atoms with Crippen LogP contribution in [0.25, 0.3) is 11.3 Å². The highest BCUT2D eigenvalue weighted by Crippen LogP contribution is 2.37. The summed E-state index contributed by atoms with van der Waals surface area (Å²) in [7, 11) is 0. The maximum atomic E-state index is 4.98. The summed E-state index contributed by atoms with van der Waals surface area (Å²) in [5.41, 5.74) is 2.42. The third-order valence-electron chi connectivity index (χ3n) is 4.14. The van der Waals surface area contributed by atoms with E-state index in [-0.39, 0.29) is 0 Å². The molecule has 0 saturated heterocycles. The molecule has 3 rings (SSSR count). The number of aromatic nitrogens is 1. The highest BCUT2D eigenvalue weighted by Gasteiger charge is 2.19. The number of rotatable bonds is 2. The number of hydrogen-bond acceptors (Lipinski definition) is 2. The van der Waals surface area contributed by atoms with Gasteiger partial charge in [0.25, 0.3) is 0 Å². The molecule has 1 nitrogen and oxygen atoms in total. The quantitative estimate of drug-likeness (QED) is 0.578. The maximum Gasteiger partial charge on any atom is 0.0966 e. The van der Waals surface area contributed by atoms with Gasteiger partial charge >= 0.3 is 0 Å². The van der Waals surface area contributed by atoms with Gasteiger partial charge in [0.2, 0.25) is 0 Å². The topological polar surface area (TPSA) is 12.9 Å². The number of halogens is 1. The zero-order chi connectivity index (χ0) is 13.9. The molecular formula is C17H20BrNS. The third-order valence-corrected chi connectivity index (χ3v) is 5.80. The first-order chi connectivity index (χ1) is 9.74. The normalized spacial score (nSPS) is 17.1. The van der Waals surface area contributed by atoms with Crippen molar-refractivity contribution in [3.05, 3.63) is 38.6 Å². The summed E-state index contributed by atoms with van der Waals surface area (Å²) in [5, 5.41) is 1.36. The van der Waals surface area contributed by atoms with Crippen molar-refractivity contribution in [1.29, 1.82) is 0 Å². The van der Waals surface area contributed by atoms with Gasteiger partial charge < -0.3 is 0 Å². The molecule has 1 fully saturated rings. The molecule has 106 valence electrons. The van der Waals surface area contributed by atoms with Gasteiger partial charge in [-0.25, -0.2) is 4.98 Å². The van der Waals surface area contributed by atoms with Crippen molar-refractivity contribution in [2.75, 3.05) is 0 Å². The van der Waals surface area contributed by atoms with Gasteiger partial charge in [0.1, 0.15) is 0 Å². The van der Waals surface area contributed by atoms with E-state index in [1.807, 2.05) is 11.3 Å². The number of nitrogens with zero attached hydrogens (tertiary/aromatic N) is 1. The smallest absolute Gasteiger partial charge is 0.0966 e. The molecule has 0 bridgehead atoms. The lowest BCUT2D eigenvalue weighted by molar-refractivity contribution is 0.589. The molecule has 1 aromatic carbocycles. The first kappa shape index (κ1) is 14.3. The summed E-state index contributed by atoms with van der Waals surface area (Å²) in [6.07, 6.45) is 8.20. The summed E-state index contributed by atoms with van der Waals surface area (Å²) >= 11 is 5.40. The number of benzene rings is 1. The van der Waals surface area contributed by atoms with Crippen molar-refractivity contribution in [3.8, 4) is 11.3 Å². The number of thiazole rings is 1. The van der Waals surface area contributed by atoms with Crippen LogP contribution in [0.2, 0.25) is 0 Å². The van der Waals surface area contributed by atoms with Gasteiger partial charge in [-0.05, 0) is 31.9 Å². The maximum absolute atomic E-state index is 4.98. The van der Waals surface area contributed by atoms with Crippen LogP contribution in [0, 0.1) is 6.92 Å². The van der Waals surface area contributed by atoms with E-state index in [1.54, 1.807) is 0 Å². The minimum atomic E-state index is 0.699. The Balaban J connectivity index is 1.88. The molecule has 1 aliphatic carbocycles. The Kier molecular flexibility index (Phi) is 4.57. The van der Waals surface area contributed by atoms with Crippen LogP contribution in [0.4, 0.5) is 0 Å². The lowest BCUT2D eigenvalue weighted by Crippen LogP contribution is -1.96. The molecule has 0 radical (unpaired) electrons. The molecule has 2 aromatic rings. The van der Waals surface area contributed by atoms with Gasteiger partial charge in [-0.1, -0.05) is 53.7 Å². The molecular weight excluding hydrogens is 330 g/mol. The summed E-state index contributed by atoms with van der Waals surface area (Å²) in [4.78, 5) is 6.33. The fraction of sp³-hybridized carbons (Fsp3) is 0.471. The Morgan fingerprint density at radius 2 is 1.70 bits per heavy atom. The minimum Gasteiger partial charge on any atom is -0.241 e. The Bertz CT molecular complexity index is 565. The van der Waals surface area contributed by atoms with Gasteiger partial charge in [-0.2, -0.15) is 0 Å². The van der Waals surface area contributed by atoms with Crippen molar-refractivity contribution >= 4 is 27.3 Å². The lowest BCUT2D eigenvalue weighted by atomic mass is 10.0. The summed E-state index contributed by atoms with van der Waals surface area (Å²) in [6.45, 7) is 2.20. The molecule has 1 aliphatic rings. The molecule has 0 unspecified atom stereocenters. The first-order valence-corrected chi connectivity index (χ1v) is 9.08. The summed E-state index contributed by atoms with van der Waals surface area (Å²) in [5.74, 6) is 0.699. The van der Waals surface area contributed by atoms with E-state index < -0.39 is 0 Å². The molecule has 20 heavy (non-hydrogen) atoms. The predicted octanol–water partition coefficient (Wildman–Crippen LogP) is 6.32. The van der Waals surface area contributed by atoms with Crippen molar-refractivity contribution in [2.24, 2.45) is 0 Å². The zero-order valence-electron chi connectivity index (χ0n) is 11.9. The van der Waals surface area contributed by atoms with Gasteiger partial charge in [0.15, 0.2) is 0 Å². The Hall–Kier alpha value is -0.670. The van der Waals surface area contributed by atoms with E-state index >= 15 is 0 Å². The summed E-state index contributed by atoms with van der Waals surface area (Å²) < 4.78 is 1.12. The molecule has 0 amide bonds. The van der Waals surface area contributed by atoms with E-state index in [2.05, 4.69) is 47.1 Å². The van der Waals surface area contributed by atoms with Crippen LogP contribution in [-0.2, 0) is 0 Å². The molecule has 3 heteroatoms. The Morgan fingerprint density at radius 3 is 2.35 bits per heavy atom. The van der Waals surface area contributed by atoms with Crippen LogP contribution in [-0.4, -0.2) is 4.98 Å². The molecule has 1 saturated carbocycles. The van der Waals surface area contributed by atoms with Gasteiger partial charge in [0, 0.05) is 20.8 Å². The zero-order valence-corrected chi connectivity index (χ0v) is 14.3. The second-order valence-corrected chi connectivity index (χ2v) is 7.80. The molecule has 0 aliphatic heterocycles. The largest absolute Gasteiger partial charge is 0.241 e. The summed E-state index contributed by atoms with van der Waals surface area (Å²) in [6, 6.07) is 8.50. The van der Waals surface area contributed by atoms with E-state index in [1.165, 1.54) is 59.7 Å². The number of aryl methyl sites for hydroxylation is 1. The highest BCUT2D eigenvalue weighted by atomic mass is 79.9. The van der Waals surface area contributed by atoms with Crippen LogP contribution in [0.1, 0.15) is 54.3 Å². The van der Waals surface area contributed by atoms with Crippen LogP contribution >= 0.6 is 27.3 Å². The van der Waals surface area contributed by atoms with Gasteiger partial charge in [0.05, 0.1) is 10.7 Å². The van der Waals surface area contributed by atoms with Crippen LogP contribution < -0.4 is 0 Å². The van der Waals surface area contributed by atoms with Gasteiger partial charge in [-0.3, -0.25) is 0 Å². The second-order valence-electron chi connectivity index (χ2n) is 5.65. The Labute approximate surface area is 133 Å². The molecule has 0 atom stereocenters. The van der Waals surface area contributed by atoms with Crippen molar-refractivity contribution < 1.29 is 0 Å². The van der Waals surface area contributed by atoms with E-state index in [0.29, 0.717) is 5.92 Å². The van der Waals surface area contributed by atoms with Crippen LogP contribution in [0.3, 0.4) is 0 Å². The van der Waals surface area contributed by atoms with E-state index in [0.717, 1.165) is 4.47 Å². The van der Waals surface area contributed by atoms with Crippen LogP contribution in [0.5, 0.6) is 0 Å². The average Bonchev–Trinajstić information content (AvgIpc) is 2.66. The molecule has 1 aromatic heterocycles. The fourth-order valence-corrected chi connectivity index (χ4v) is 4.37. The monoisotopic (exact) mass is 349 g/mol. The molecule has 0 spiro atoms. The minimum absolute atomic E-state index is 0.699. The van der Waals surface area contributed by atoms with Crippen molar-refractivity contribution in [2.45, 2.75) is 51.4 Å². The van der Waals surface area contributed by atoms with E-state index in [9.17, 15) is 0 Å². The average molecular weight is 350 g/mol. The number of hydrogen-bond donors (Lipinski definition) is 0. The fourth-order valence-electron chi connectivity index (χ4n) is 2.99. The SMILES string of the molecule is Cc1sc(C2CCCCCC2)nc1-c1ccc(Br)cc1. The van der Waals surface area contributed by atoms with Crippen molar-refractivity contribution in [3.63, 3.8) is 0 Å². The highest BCUT2D eigenvalue weighted by molar-refractivity contribution is 9.10. The molecule has 1 heterocycles. The standard InChI is InChI=1S/C17H20BrNS/c1-12-16(13-8-10-15(18)11-9-13)19-17(20-12)14-6-4-2-3-5-7-14/h8-11,14H,2-7H2,1H3. The molecule has 0 N–H and O–H groups in total. The van der Waals surface area contributed by atoms with Crippen molar-refractivity contribution in [1.82, 2.24) is 4.98 Å². The first-order valence-electron chi connectivity index (χ1n) is 7.47. The Morgan fingerprint density at radius 1 is 1.05 bits per heavy atom. The van der Waals surface area contributed by atoms with Gasteiger partial charge in [-0.15, -0.1) is 11.3 Å². The van der Waals surface area contributed by atoms with E-state index in [4.69, 9.17) is 4.98 Å². The predicted molar refractivity (Wildman–Crippen MR) is 90.4 cm³/mol.